The van der Waals surface area contributed by atoms with Gasteiger partial charge in [0.2, 0.25) is 11.1 Å². The van der Waals surface area contributed by atoms with E-state index in [9.17, 15) is 15.2 Å². The maximum absolute atomic E-state index is 12.8. The first-order valence-corrected chi connectivity index (χ1v) is 11.2. The van der Waals surface area contributed by atoms with Gasteiger partial charge >= 0.3 is 0 Å². The fraction of sp³-hybridized carbons (Fsp3) is 0.381. The van der Waals surface area contributed by atoms with Gasteiger partial charge in [0.1, 0.15) is 17.6 Å². The Labute approximate surface area is 189 Å². The third kappa shape index (κ3) is 4.46. The number of phenols is 1. The lowest BCUT2D eigenvalue weighted by Gasteiger charge is -2.16. The Hall–Kier alpha value is -3.36. The van der Waals surface area contributed by atoms with Crippen LogP contribution in [0.5, 0.6) is 5.75 Å². The number of nitrogens with zero attached hydrogens (tertiary/aromatic N) is 6. The second-order valence-electron chi connectivity index (χ2n) is 7.52. The fourth-order valence-electron chi connectivity index (χ4n) is 3.67. The predicted octanol–water partition coefficient (Wildman–Crippen LogP) is 2.57. The van der Waals surface area contributed by atoms with Gasteiger partial charge in [0.05, 0.1) is 29.7 Å². The number of amides is 1. The van der Waals surface area contributed by atoms with Crippen molar-refractivity contribution < 1.29 is 14.6 Å². The van der Waals surface area contributed by atoms with Gasteiger partial charge in [-0.3, -0.25) is 4.79 Å². The van der Waals surface area contributed by atoms with Crippen LogP contribution in [0.4, 0.5) is 5.82 Å². The Bertz CT molecular complexity index is 1160. The van der Waals surface area contributed by atoms with Crippen molar-refractivity contribution in [2.24, 2.45) is 0 Å². The first kappa shape index (κ1) is 21.9. The van der Waals surface area contributed by atoms with Crippen LogP contribution in [-0.4, -0.2) is 54.3 Å². The van der Waals surface area contributed by atoms with Crippen molar-refractivity contribution in [3.63, 3.8) is 0 Å². The molecule has 11 heteroatoms. The third-order valence-electron chi connectivity index (χ3n) is 5.48. The number of hydrogen-bond acceptors (Lipinski definition) is 8. The summed E-state index contributed by atoms with van der Waals surface area (Å²) in [5, 5.41) is 34.1. The van der Waals surface area contributed by atoms with Gasteiger partial charge in [-0.1, -0.05) is 11.8 Å². The second kappa shape index (κ2) is 9.42. The summed E-state index contributed by atoms with van der Waals surface area (Å²) in [5.41, 5.74) is 2.92. The summed E-state index contributed by atoms with van der Waals surface area (Å²) in [4.78, 5) is 12.8. The first-order valence-electron chi connectivity index (χ1n) is 10.2. The summed E-state index contributed by atoms with van der Waals surface area (Å²) in [7, 11) is 0. The molecule has 3 aromatic rings. The van der Waals surface area contributed by atoms with Crippen LogP contribution in [0.1, 0.15) is 29.7 Å². The van der Waals surface area contributed by atoms with E-state index >= 15 is 0 Å². The van der Waals surface area contributed by atoms with Gasteiger partial charge in [-0.2, -0.15) is 9.94 Å². The van der Waals surface area contributed by atoms with Gasteiger partial charge in [0.25, 0.3) is 0 Å². The number of nitrogens with one attached hydrogen (secondary N) is 1. The molecule has 1 saturated heterocycles. The van der Waals surface area contributed by atoms with Gasteiger partial charge in [0, 0.05) is 12.3 Å². The van der Waals surface area contributed by atoms with Crippen molar-refractivity contribution in [3.8, 4) is 17.5 Å². The third-order valence-corrected chi connectivity index (χ3v) is 6.40. The van der Waals surface area contributed by atoms with E-state index in [1.165, 1.54) is 28.6 Å². The molecule has 3 heterocycles. The molecule has 1 amide bonds. The Morgan fingerprint density at radius 3 is 2.84 bits per heavy atom. The summed E-state index contributed by atoms with van der Waals surface area (Å²) in [6, 6.07) is 8.65. The van der Waals surface area contributed by atoms with Crippen LogP contribution < -0.4 is 5.32 Å². The van der Waals surface area contributed by atoms with Gasteiger partial charge in [-0.15, -0.1) is 5.10 Å². The van der Waals surface area contributed by atoms with Crippen molar-refractivity contribution in [1.82, 2.24) is 24.8 Å². The molecule has 4 rings (SSSR count). The molecule has 1 aromatic carbocycles. The molecule has 1 fully saturated rings. The van der Waals surface area contributed by atoms with E-state index in [0.717, 1.165) is 30.7 Å². The molecule has 32 heavy (non-hydrogen) atoms. The van der Waals surface area contributed by atoms with Crippen molar-refractivity contribution in [3.05, 3.63) is 41.1 Å². The summed E-state index contributed by atoms with van der Waals surface area (Å²) >= 11 is 1.18. The highest BCUT2D eigenvalue weighted by atomic mass is 32.2. The van der Waals surface area contributed by atoms with E-state index in [-0.39, 0.29) is 23.5 Å². The maximum Gasteiger partial charge on any atom is 0.235 e. The van der Waals surface area contributed by atoms with Gasteiger partial charge in [-0.25, -0.2) is 0 Å². The molecular formula is C21H23N7O3S. The maximum atomic E-state index is 12.8. The van der Waals surface area contributed by atoms with Crippen LogP contribution in [0, 0.1) is 25.2 Å². The Morgan fingerprint density at radius 1 is 1.38 bits per heavy atom. The number of thioether (sulfide) groups is 1. The smallest absolute Gasteiger partial charge is 0.235 e. The second-order valence-corrected chi connectivity index (χ2v) is 8.46. The van der Waals surface area contributed by atoms with Crippen molar-refractivity contribution in [1.29, 1.82) is 5.26 Å². The largest absolute Gasteiger partial charge is 0.508 e. The van der Waals surface area contributed by atoms with Crippen LogP contribution in [0.2, 0.25) is 0 Å². The average molecular weight is 454 g/mol. The lowest BCUT2D eigenvalue weighted by molar-refractivity contribution is -0.113. The summed E-state index contributed by atoms with van der Waals surface area (Å²) in [6.45, 7) is 5.16. The predicted molar refractivity (Wildman–Crippen MR) is 118 cm³/mol. The normalized spacial score (nSPS) is 15.6. The number of tetrazole rings is 1. The fourth-order valence-corrected chi connectivity index (χ4v) is 4.36. The number of anilines is 1. The zero-order valence-electron chi connectivity index (χ0n) is 17.8. The van der Waals surface area contributed by atoms with Crippen LogP contribution in [0.15, 0.2) is 29.4 Å². The molecule has 10 nitrogen and oxygen atoms in total. The van der Waals surface area contributed by atoms with E-state index < -0.39 is 0 Å². The molecule has 2 aromatic heterocycles. The topological polar surface area (TPSA) is 131 Å². The number of phenolic OH excluding ortho intramolecular Hbond substituents is 1. The SMILES string of the molecule is Cc1c(C#N)c(NC(=O)CSc2nnnn2-c2ccc(O)cc2)n(C[C@@H]2CCCO2)c1C. The van der Waals surface area contributed by atoms with Gasteiger partial charge in [0.15, 0.2) is 0 Å². The molecule has 2 N–H and O–H groups in total. The number of ether oxygens (including phenoxy) is 1. The van der Waals surface area contributed by atoms with Crippen LogP contribution in [0.25, 0.3) is 5.69 Å². The monoisotopic (exact) mass is 453 g/mol. The minimum atomic E-state index is -0.266. The molecule has 0 saturated carbocycles. The molecule has 0 aliphatic carbocycles. The molecular weight excluding hydrogens is 430 g/mol. The number of hydrogen-bond donors (Lipinski definition) is 2. The van der Waals surface area contributed by atoms with Crippen molar-refractivity contribution in [2.75, 3.05) is 17.7 Å². The number of carbonyl (C=O) groups is 1. The van der Waals surface area contributed by atoms with E-state index in [1.54, 1.807) is 12.1 Å². The number of carbonyl (C=O) groups excluding carboxylic acids is 1. The first-order chi connectivity index (χ1) is 15.5. The quantitative estimate of drug-likeness (QED) is 0.522. The Morgan fingerprint density at radius 2 is 2.16 bits per heavy atom. The number of rotatable bonds is 7. The molecule has 0 unspecified atom stereocenters. The zero-order valence-corrected chi connectivity index (χ0v) is 18.6. The van der Waals surface area contributed by atoms with Crippen LogP contribution >= 0.6 is 11.8 Å². The lowest BCUT2D eigenvalue weighted by Crippen LogP contribution is -2.22. The Kier molecular flexibility index (Phi) is 6.43. The van der Waals surface area contributed by atoms with E-state index in [1.807, 2.05) is 18.4 Å². The lowest BCUT2D eigenvalue weighted by atomic mass is 10.2. The standard InChI is InChI=1S/C21H23N7O3S/c1-13-14(2)27(11-17-4-3-9-31-17)20(18(13)10-22)23-19(30)12-32-21-24-25-26-28(21)15-5-7-16(29)8-6-15/h5-8,17,29H,3-4,9,11-12H2,1-2H3,(H,23,30)/t17-/m0/s1. The van der Waals surface area contributed by atoms with Gasteiger partial charge in [-0.05, 0) is 66.9 Å². The number of aromatic nitrogens is 5. The highest BCUT2D eigenvalue weighted by Gasteiger charge is 2.24. The molecule has 1 atom stereocenters. The minimum Gasteiger partial charge on any atom is -0.508 e. The molecule has 166 valence electrons. The number of benzene rings is 1. The van der Waals surface area contributed by atoms with E-state index in [4.69, 9.17) is 4.74 Å². The summed E-state index contributed by atoms with van der Waals surface area (Å²) in [6.07, 6.45) is 2.05. The van der Waals surface area contributed by atoms with E-state index in [2.05, 4.69) is 26.9 Å². The van der Waals surface area contributed by atoms with Crippen LogP contribution in [0.3, 0.4) is 0 Å². The number of nitriles is 1. The highest BCUT2D eigenvalue weighted by molar-refractivity contribution is 7.99. The highest BCUT2D eigenvalue weighted by Crippen LogP contribution is 2.29. The van der Waals surface area contributed by atoms with Crippen molar-refractivity contribution in [2.45, 2.75) is 44.5 Å². The average Bonchev–Trinajstić information content (AvgIpc) is 3.51. The van der Waals surface area contributed by atoms with Gasteiger partial charge < -0.3 is 19.7 Å². The number of aromatic hydroxyl groups is 1. The summed E-state index contributed by atoms with van der Waals surface area (Å²) < 4.78 is 9.21. The van der Waals surface area contributed by atoms with Crippen LogP contribution in [-0.2, 0) is 16.1 Å². The molecule has 1 aliphatic rings. The Balaban J connectivity index is 1.48. The molecule has 1 aliphatic heterocycles. The molecule has 0 bridgehead atoms. The zero-order chi connectivity index (χ0) is 22.7. The minimum absolute atomic E-state index is 0.0620. The summed E-state index contributed by atoms with van der Waals surface area (Å²) in [5.74, 6) is 0.437. The molecule has 0 spiro atoms. The molecule has 0 radical (unpaired) electrons. The van der Waals surface area contributed by atoms with Crippen molar-refractivity contribution >= 4 is 23.5 Å². The van der Waals surface area contributed by atoms with E-state index in [0.29, 0.717) is 28.8 Å².